The van der Waals surface area contributed by atoms with E-state index < -0.39 is 0 Å². The van der Waals surface area contributed by atoms with E-state index in [1.54, 1.807) is 0 Å². The van der Waals surface area contributed by atoms with Crippen LogP contribution in [-0.4, -0.2) is 53.2 Å². The molecule has 1 aromatic rings. The Morgan fingerprint density at radius 1 is 1.00 bits per heavy atom. The first-order valence-electron chi connectivity index (χ1n) is 8.07. The molecule has 3 atom stereocenters. The van der Waals surface area contributed by atoms with E-state index in [1.807, 2.05) is 0 Å². The second kappa shape index (κ2) is 5.14. The fourth-order valence-electron chi connectivity index (χ4n) is 4.42. The van der Waals surface area contributed by atoms with Gasteiger partial charge >= 0.3 is 0 Å². The first kappa shape index (κ1) is 12.8. The highest BCUT2D eigenvalue weighted by Crippen LogP contribution is 2.34. The molecule has 2 saturated heterocycles. The largest absolute Gasteiger partial charge is 0.387 e. The lowest BCUT2D eigenvalue weighted by atomic mass is 9.84. The molecule has 3 heteroatoms. The molecule has 20 heavy (non-hydrogen) atoms. The standard InChI is InChI=1S/C17H24N2O/c20-17-15-6-2-1-4-13(15)7-8-16(17)19-11-10-18-9-3-5-14(18)12-19/h1-2,4,6,14,16-17,20H,3,5,7-12H2. The molecular weight excluding hydrogens is 248 g/mol. The zero-order chi connectivity index (χ0) is 13.5. The number of rotatable bonds is 1. The summed E-state index contributed by atoms with van der Waals surface area (Å²) in [6.07, 6.45) is 4.62. The second-order valence-electron chi connectivity index (χ2n) is 6.58. The van der Waals surface area contributed by atoms with Gasteiger partial charge in [-0.25, -0.2) is 0 Å². The topological polar surface area (TPSA) is 26.7 Å². The Bertz CT molecular complexity index is 490. The van der Waals surface area contributed by atoms with Crippen LogP contribution in [0.2, 0.25) is 0 Å². The molecule has 0 amide bonds. The number of hydrogen-bond acceptors (Lipinski definition) is 3. The van der Waals surface area contributed by atoms with Gasteiger partial charge in [-0.05, 0) is 43.4 Å². The first-order chi connectivity index (χ1) is 9.83. The predicted molar refractivity (Wildman–Crippen MR) is 79.7 cm³/mol. The lowest BCUT2D eigenvalue weighted by Gasteiger charge is -2.45. The fourth-order valence-corrected chi connectivity index (χ4v) is 4.42. The molecule has 2 aliphatic heterocycles. The highest BCUT2D eigenvalue weighted by molar-refractivity contribution is 5.32. The Morgan fingerprint density at radius 3 is 2.80 bits per heavy atom. The highest BCUT2D eigenvalue weighted by atomic mass is 16.3. The summed E-state index contributed by atoms with van der Waals surface area (Å²) in [5.74, 6) is 0. The van der Waals surface area contributed by atoms with Crippen LogP contribution < -0.4 is 0 Å². The molecular formula is C17H24N2O. The molecule has 1 aliphatic carbocycles. The molecule has 1 N–H and O–H groups in total. The second-order valence-corrected chi connectivity index (χ2v) is 6.58. The van der Waals surface area contributed by atoms with Crippen molar-refractivity contribution in [3.05, 3.63) is 35.4 Å². The predicted octanol–water partition coefficient (Wildman–Crippen LogP) is 1.81. The number of nitrogens with zero attached hydrogens (tertiary/aromatic N) is 2. The van der Waals surface area contributed by atoms with Crippen LogP contribution in [0.3, 0.4) is 0 Å². The summed E-state index contributed by atoms with van der Waals surface area (Å²) in [7, 11) is 0. The van der Waals surface area contributed by atoms with E-state index in [9.17, 15) is 5.11 Å². The van der Waals surface area contributed by atoms with Crippen molar-refractivity contribution in [2.75, 3.05) is 26.2 Å². The Balaban J connectivity index is 1.52. The van der Waals surface area contributed by atoms with Crippen molar-refractivity contribution < 1.29 is 5.11 Å². The number of aliphatic hydroxyl groups is 1. The molecule has 0 bridgehead atoms. The van der Waals surface area contributed by atoms with E-state index in [0.29, 0.717) is 6.04 Å². The maximum Gasteiger partial charge on any atom is 0.0947 e. The minimum absolute atomic E-state index is 0.298. The minimum atomic E-state index is -0.298. The zero-order valence-electron chi connectivity index (χ0n) is 12.0. The van der Waals surface area contributed by atoms with E-state index in [4.69, 9.17) is 0 Å². The summed E-state index contributed by atoms with van der Waals surface area (Å²) < 4.78 is 0. The van der Waals surface area contributed by atoms with Crippen LogP contribution in [0.5, 0.6) is 0 Å². The quantitative estimate of drug-likeness (QED) is 0.845. The average Bonchev–Trinajstić information content (AvgIpc) is 2.95. The molecule has 108 valence electrons. The summed E-state index contributed by atoms with van der Waals surface area (Å²) in [4.78, 5) is 5.20. The van der Waals surface area contributed by atoms with Crippen LogP contribution in [0.25, 0.3) is 0 Å². The summed E-state index contributed by atoms with van der Waals surface area (Å²) >= 11 is 0. The maximum atomic E-state index is 10.8. The Hall–Kier alpha value is -0.900. The summed E-state index contributed by atoms with van der Waals surface area (Å²) in [5.41, 5.74) is 2.51. The van der Waals surface area contributed by atoms with E-state index in [1.165, 1.54) is 31.5 Å². The average molecular weight is 272 g/mol. The molecule has 3 unspecified atom stereocenters. The van der Waals surface area contributed by atoms with Crippen molar-refractivity contribution in [1.82, 2.24) is 9.80 Å². The van der Waals surface area contributed by atoms with Crippen molar-refractivity contribution >= 4 is 0 Å². The molecule has 2 fully saturated rings. The SMILES string of the molecule is OC1c2ccccc2CCC1N1CCN2CCCC2C1. The van der Waals surface area contributed by atoms with Gasteiger partial charge in [-0.15, -0.1) is 0 Å². The van der Waals surface area contributed by atoms with Crippen molar-refractivity contribution in [3.63, 3.8) is 0 Å². The van der Waals surface area contributed by atoms with Gasteiger partial charge in [0.05, 0.1) is 6.10 Å². The molecule has 0 spiro atoms. The number of benzene rings is 1. The molecule has 3 nitrogen and oxygen atoms in total. The molecule has 0 radical (unpaired) electrons. The van der Waals surface area contributed by atoms with Crippen molar-refractivity contribution in [2.45, 2.75) is 43.9 Å². The lowest BCUT2D eigenvalue weighted by molar-refractivity contribution is -0.00278. The van der Waals surface area contributed by atoms with Gasteiger partial charge in [0.15, 0.2) is 0 Å². The van der Waals surface area contributed by atoms with E-state index in [0.717, 1.165) is 37.5 Å². The highest BCUT2D eigenvalue weighted by Gasteiger charge is 2.37. The van der Waals surface area contributed by atoms with Crippen LogP contribution >= 0.6 is 0 Å². The number of aliphatic hydroxyl groups excluding tert-OH is 1. The maximum absolute atomic E-state index is 10.8. The minimum Gasteiger partial charge on any atom is -0.387 e. The number of fused-ring (bicyclic) bond motifs is 2. The first-order valence-corrected chi connectivity index (χ1v) is 8.07. The molecule has 3 aliphatic rings. The van der Waals surface area contributed by atoms with E-state index >= 15 is 0 Å². The van der Waals surface area contributed by atoms with Crippen LogP contribution in [-0.2, 0) is 6.42 Å². The van der Waals surface area contributed by atoms with Gasteiger partial charge in [-0.2, -0.15) is 0 Å². The zero-order valence-corrected chi connectivity index (χ0v) is 12.0. The van der Waals surface area contributed by atoms with Gasteiger partial charge < -0.3 is 5.11 Å². The van der Waals surface area contributed by atoms with Gasteiger partial charge in [0.1, 0.15) is 0 Å². The number of aryl methyl sites for hydroxylation is 1. The normalized spacial score (nSPS) is 34.8. The summed E-state index contributed by atoms with van der Waals surface area (Å²) in [5, 5.41) is 10.8. The Kier molecular flexibility index (Phi) is 3.29. The van der Waals surface area contributed by atoms with Gasteiger partial charge in [-0.3, -0.25) is 9.80 Å². The van der Waals surface area contributed by atoms with Crippen LogP contribution in [0.4, 0.5) is 0 Å². The van der Waals surface area contributed by atoms with Gasteiger partial charge in [0.25, 0.3) is 0 Å². The third-order valence-corrected chi connectivity index (χ3v) is 5.54. The van der Waals surface area contributed by atoms with Crippen molar-refractivity contribution in [3.8, 4) is 0 Å². The Morgan fingerprint density at radius 2 is 1.85 bits per heavy atom. The van der Waals surface area contributed by atoms with Crippen LogP contribution in [0, 0.1) is 0 Å². The third-order valence-electron chi connectivity index (χ3n) is 5.54. The molecule has 1 aromatic carbocycles. The molecule has 0 saturated carbocycles. The van der Waals surface area contributed by atoms with Crippen molar-refractivity contribution in [1.29, 1.82) is 0 Å². The van der Waals surface area contributed by atoms with E-state index in [-0.39, 0.29) is 6.10 Å². The van der Waals surface area contributed by atoms with Crippen LogP contribution in [0.15, 0.2) is 24.3 Å². The lowest BCUT2D eigenvalue weighted by Crippen LogP contribution is -2.55. The summed E-state index contributed by atoms with van der Waals surface area (Å²) in [6.45, 7) is 4.76. The molecule has 0 aromatic heterocycles. The third kappa shape index (κ3) is 2.09. The van der Waals surface area contributed by atoms with Gasteiger partial charge in [-0.1, -0.05) is 24.3 Å². The molecule has 4 rings (SSSR count). The van der Waals surface area contributed by atoms with Gasteiger partial charge in [0, 0.05) is 31.7 Å². The number of piperazine rings is 1. The monoisotopic (exact) mass is 272 g/mol. The Labute approximate surface area is 121 Å². The smallest absolute Gasteiger partial charge is 0.0947 e. The summed E-state index contributed by atoms with van der Waals surface area (Å²) in [6, 6.07) is 9.49. The van der Waals surface area contributed by atoms with Crippen molar-refractivity contribution in [2.24, 2.45) is 0 Å². The van der Waals surface area contributed by atoms with Gasteiger partial charge in [0.2, 0.25) is 0 Å². The fraction of sp³-hybridized carbons (Fsp3) is 0.647. The molecule has 2 heterocycles. The van der Waals surface area contributed by atoms with Crippen LogP contribution in [0.1, 0.15) is 36.5 Å². The number of hydrogen-bond donors (Lipinski definition) is 1. The van der Waals surface area contributed by atoms with E-state index in [2.05, 4.69) is 34.1 Å².